The van der Waals surface area contributed by atoms with Crippen molar-refractivity contribution in [3.8, 4) is 11.6 Å². The van der Waals surface area contributed by atoms with Crippen molar-refractivity contribution in [2.75, 3.05) is 0 Å². The molecule has 6 heteroatoms. The van der Waals surface area contributed by atoms with Crippen LogP contribution in [-0.2, 0) is 0 Å². The Kier molecular flexibility index (Phi) is 4.01. The molecular weight excluding hydrogens is 371 g/mol. The van der Waals surface area contributed by atoms with Gasteiger partial charge in [0.05, 0.1) is 0 Å². The van der Waals surface area contributed by atoms with Gasteiger partial charge in [-0.3, -0.25) is 0 Å². The third kappa shape index (κ3) is 2.97. The van der Waals surface area contributed by atoms with Crippen LogP contribution in [0.4, 0.5) is 0 Å². The molecule has 0 spiro atoms. The first-order valence-electron chi connectivity index (χ1n) is 4.68. The van der Waals surface area contributed by atoms with E-state index >= 15 is 0 Å². The number of hydrogen-bond acceptors (Lipinski definition) is 3. The van der Waals surface area contributed by atoms with E-state index < -0.39 is 0 Å². The molecule has 1 aromatic carbocycles. The number of nitrogens with zero attached hydrogens (tertiary/aromatic N) is 2. The lowest BCUT2D eigenvalue weighted by atomic mass is 10.2. The first kappa shape index (κ1) is 12.8. The molecule has 0 aliphatic rings. The molecule has 0 aliphatic heterocycles. The molecular formula is C11H7Br2ClN2O. The van der Waals surface area contributed by atoms with E-state index in [0.29, 0.717) is 15.5 Å². The number of aryl methyl sites for hydroxylation is 1. The number of ether oxygens (including phenoxy) is 1. The van der Waals surface area contributed by atoms with E-state index in [1.54, 1.807) is 0 Å². The summed E-state index contributed by atoms with van der Waals surface area (Å²) >= 11 is 12.5. The highest BCUT2D eigenvalue weighted by Gasteiger charge is 2.10. The van der Waals surface area contributed by atoms with Crippen LogP contribution in [0, 0.1) is 6.92 Å². The number of aromatic nitrogens is 2. The zero-order valence-corrected chi connectivity index (χ0v) is 12.7. The Morgan fingerprint density at radius 3 is 2.71 bits per heavy atom. The molecule has 0 aliphatic carbocycles. The predicted molar refractivity (Wildman–Crippen MR) is 73.7 cm³/mol. The standard InChI is InChI=1S/C11H7Br2ClN2O/c1-6-4-7(12)2-3-8(6)17-11-9(13)10(14)15-5-16-11/h2-5H,1H3. The van der Waals surface area contributed by atoms with Crippen LogP contribution in [0.3, 0.4) is 0 Å². The molecule has 0 atom stereocenters. The summed E-state index contributed by atoms with van der Waals surface area (Å²) in [7, 11) is 0. The number of hydrogen-bond donors (Lipinski definition) is 0. The van der Waals surface area contributed by atoms with Gasteiger partial charge in [0, 0.05) is 4.47 Å². The van der Waals surface area contributed by atoms with Crippen molar-refractivity contribution in [3.63, 3.8) is 0 Å². The summed E-state index contributed by atoms with van der Waals surface area (Å²) < 4.78 is 7.22. The minimum absolute atomic E-state index is 0.324. The van der Waals surface area contributed by atoms with Crippen LogP contribution in [-0.4, -0.2) is 9.97 Å². The molecule has 3 nitrogen and oxygen atoms in total. The average molecular weight is 378 g/mol. The molecule has 0 unspecified atom stereocenters. The first-order chi connectivity index (χ1) is 8.08. The lowest BCUT2D eigenvalue weighted by Gasteiger charge is -2.09. The van der Waals surface area contributed by atoms with Gasteiger partial charge in [0.2, 0.25) is 5.88 Å². The molecule has 1 aromatic heterocycles. The fourth-order valence-corrected chi connectivity index (χ4v) is 2.12. The molecule has 0 radical (unpaired) electrons. The highest BCUT2D eigenvalue weighted by atomic mass is 79.9. The maximum absolute atomic E-state index is 5.86. The van der Waals surface area contributed by atoms with Gasteiger partial charge < -0.3 is 4.74 Å². The van der Waals surface area contributed by atoms with Crippen molar-refractivity contribution in [2.45, 2.75) is 6.92 Å². The minimum atomic E-state index is 0.324. The van der Waals surface area contributed by atoms with Crippen LogP contribution in [0.25, 0.3) is 0 Å². The number of halogens is 3. The van der Waals surface area contributed by atoms with Gasteiger partial charge in [0.25, 0.3) is 0 Å². The summed E-state index contributed by atoms with van der Waals surface area (Å²) in [5.74, 6) is 1.12. The SMILES string of the molecule is Cc1cc(Br)ccc1Oc1ncnc(Cl)c1Br. The van der Waals surface area contributed by atoms with Gasteiger partial charge in [-0.2, -0.15) is 0 Å². The molecule has 17 heavy (non-hydrogen) atoms. The summed E-state index contributed by atoms with van der Waals surface area (Å²) in [6.07, 6.45) is 1.36. The largest absolute Gasteiger partial charge is 0.437 e. The summed E-state index contributed by atoms with van der Waals surface area (Å²) in [6.45, 7) is 1.96. The first-order valence-corrected chi connectivity index (χ1v) is 6.64. The van der Waals surface area contributed by atoms with Gasteiger partial charge in [-0.15, -0.1) is 0 Å². The van der Waals surface area contributed by atoms with Crippen molar-refractivity contribution in [2.24, 2.45) is 0 Å². The van der Waals surface area contributed by atoms with Crippen molar-refractivity contribution >= 4 is 43.5 Å². The Labute approximate surface area is 120 Å². The molecule has 0 N–H and O–H groups in total. The van der Waals surface area contributed by atoms with Gasteiger partial charge >= 0.3 is 0 Å². The topological polar surface area (TPSA) is 35.0 Å². The summed E-state index contributed by atoms with van der Waals surface area (Å²) in [4.78, 5) is 7.86. The maximum atomic E-state index is 5.86. The van der Waals surface area contributed by atoms with Crippen molar-refractivity contribution in [1.29, 1.82) is 0 Å². The molecule has 2 aromatic rings. The van der Waals surface area contributed by atoms with E-state index in [0.717, 1.165) is 15.8 Å². The van der Waals surface area contributed by atoms with Crippen molar-refractivity contribution in [1.82, 2.24) is 9.97 Å². The minimum Gasteiger partial charge on any atom is -0.437 e. The molecule has 0 amide bonds. The smallest absolute Gasteiger partial charge is 0.238 e. The number of rotatable bonds is 2. The van der Waals surface area contributed by atoms with Gasteiger partial charge in [-0.05, 0) is 46.6 Å². The Balaban J connectivity index is 2.35. The fourth-order valence-electron chi connectivity index (χ4n) is 1.24. The number of benzene rings is 1. The van der Waals surface area contributed by atoms with Gasteiger partial charge in [0.1, 0.15) is 16.5 Å². The highest BCUT2D eigenvalue weighted by Crippen LogP contribution is 2.33. The van der Waals surface area contributed by atoms with Crippen molar-refractivity contribution in [3.05, 3.63) is 44.2 Å². The third-order valence-corrected chi connectivity index (χ3v) is 3.78. The lowest BCUT2D eigenvalue weighted by Crippen LogP contribution is -1.93. The quantitative estimate of drug-likeness (QED) is 0.707. The van der Waals surface area contributed by atoms with E-state index in [4.69, 9.17) is 16.3 Å². The zero-order chi connectivity index (χ0) is 12.4. The van der Waals surface area contributed by atoms with E-state index in [1.807, 2.05) is 25.1 Å². The van der Waals surface area contributed by atoms with E-state index in [1.165, 1.54) is 6.33 Å². The van der Waals surface area contributed by atoms with E-state index in [2.05, 4.69) is 41.8 Å². The van der Waals surface area contributed by atoms with Crippen molar-refractivity contribution < 1.29 is 4.74 Å². The summed E-state index contributed by atoms with van der Waals surface area (Å²) in [5, 5.41) is 0.324. The van der Waals surface area contributed by atoms with Gasteiger partial charge in [-0.1, -0.05) is 27.5 Å². The third-order valence-electron chi connectivity index (χ3n) is 2.06. The zero-order valence-electron chi connectivity index (χ0n) is 8.75. The second kappa shape index (κ2) is 5.33. The Morgan fingerprint density at radius 2 is 2.00 bits per heavy atom. The molecule has 1 heterocycles. The van der Waals surface area contributed by atoms with Crippen LogP contribution in [0.2, 0.25) is 5.15 Å². The summed E-state index contributed by atoms with van der Waals surface area (Å²) in [6, 6.07) is 5.73. The Morgan fingerprint density at radius 1 is 1.24 bits per heavy atom. The highest BCUT2D eigenvalue weighted by molar-refractivity contribution is 9.10. The average Bonchev–Trinajstić information content (AvgIpc) is 2.28. The van der Waals surface area contributed by atoms with Crippen LogP contribution < -0.4 is 4.74 Å². The molecule has 0 saturated carbocycles. The summed E-state index contributed by atoms with van der Waals surface area (Å²) in [5.41, 5.74) is 1.00. The fraction of sp³-hybridized carbons (Fsp3) is 0.0909. The van der Waals surface area contributed by atoms with E-state index in [-0.39, 0.29) is 0 Å². The molecule has 0 bridgehead atoms. The van der Waals surface area contributed by atoms with E-state index in [9.17, 15) is 0 Å². The normalized spacial score (nSPS) is 10.4. The molecule has 0 saturated heterocycles. The molecule has 88 valence electrons. The molecule has 2 rings (SSSR count). The second-order valence-corrected chi connectivity index (χ2v) is 5.36. The van der Waals surface area contributed by atoms with Crippen LogP contribution in [0.1, 0.15) is 5.56 Å². The predicted octanol–water partition coefficient (Wildman–Crippen LogP) is 4.76. The second-order valence-electron chi connectivity index (χ2n) is 3.30. The van der Waals surface area contributed by atoms with Crippen LogP contribution >= 0.6 is 43.5 Å². The van der Waals surface area contributed by atoms with Gasteiger partial charge in [0.15, 0.2) is 5.15 Å². The maximum Gasteiger partial charge on any atom is 0.238 e. The lowest BCUT2D eigenvalue weighted by molar-refractivity contribution is 0.454. The Bertz CT molecular complexity index is 563. The van der Waals surface area contributed by atoms with Gasteiger partial charge in [-0.25, -0.2) is 9.97 Å². The molecule has 0 fully saturated rings. The Hall–Kier alpha value is -0.650. The van der Waals surface area contributed by atoms with Crippen LogP contribution in [0.5, 0.6) is 11.6 Å². The van der Waals surface area contributed by atoms with Crippen LogP contribution in [0.15, 0.2) is 33.5 Å². The monoisotopic (exact) mass is 376 g/mol.